The molecule has 0 aliphatic rings. The van der Waals surface area contributed by atoms with Crippen LogP contribution in [0.3, 0.4) is 0 Å². The van der Waals surface area contributed by atoms with E-state index in [0.717, 1.165) is 0 Å². The Morgan fingerprint density at radius 2 is 1.71 bits per heavy atom. The van der Waals surface area contributed by atoms with E-state index in [4.69, 9.17) is 0 Å². The molecule has 0 bridgehead atoms. The van der Waals surface area contributed by atoms with Crippen molar-refractivity contribution in [1.29, 1.82) is 0 Å². The molecule has 6 heteroatoms. The summed E-state index contributed by atoms with van der Waals surface area (Å²) in [6.07, 6.45) is 0. The van der Waals surface area contributed by atoms with Gasteiger partial charge in [0.25, 0.3) is 0 Å². The summed E-state index contributed by atoms with van der Waals surface area (Å²) in [6, 6.07) is 1.01. The van der Waals surface area contributed by atoms with Crippen LogP contribution in [0.25, 0.3) is 0 Å². The molecule has 17 heavy (non-hydrogen) atoms. The zero-order valence-electron chi connectivity index (χ0n) is 9.23. The van der Waals surface area contributed by atoms with Crippen molar-refractivity contribution < 1.29 is 18.0 Å². The van der Waals surface area contributed by atoms with Crippen LogP contribution in [-0.2, 0) is 4.79 Å². The van der Waals surface area contributed by atoms with Crippen LogP contribution in [0.5, 0.6) is 0 Å². The molecule has 0 aliphatic carbocycles. The highest BCUT2D eigenvalue weighted by Gasteiger charge is 2.20. The topological polar surface area (TPSA) is 29.1 Å². The molecule has 0 saturated heterocycles. The Morgan fingerprint density at radius 3 is 2.24 bits per heavy atom. The van der Waals surface area contributed by atoms with Gasteiger partial charge >= 0.3 is 0 Å². The number of rotatable bonds is 3. The molecule has 0 saturated carbocycles. The van der Waals surface area contributed by atoms with E-state index >= 15 is 0 Å². The van der Waals surface area contributed by atoms with Gasteiger partial charge in [0, 0.05) is 12.1 Å². The third-order valence-electron chi connectivity index (χ3n) is 2.10. The van der Waals surface area contributed by atoms with Crippen LogP contribution in [0.15, 0.2) is 12.1 Å². The first-order chi connectivity index (χ1) is 7.82. The van der Waals surface area contributed by atoms with Crippen molar-refractivity contribution in [2.45, 2.75) is 18.7 Å². The maximum atomic E-state index is 13.2. The van der Waals surface area contributed by atoms with Gasteiger partial charge in [-0.15, -0.1) is 0 Å². The predicted molar refractivity (Wildman–Crippen MR) is 62.5 cm³/mol. The zero-order chi connectivity index (χ0) is 13.2. The summed E-state index contributed by atoms with van der Waals surface area (Å²) in [5, 5.41) is 2.19. The summed E-state index contributed by atoms with van der Waals surface area (Å²) in [6.45, 7) is 3.58. The second-order valence-corrected chi connectivity index (χ2v) is 4.87. The lowest BCUT2D eigenvalue weighted by molar-refractivity contribution is -0.116. The van der Waals surface area contributed by atoms with E-state index in [2.05, 4.69) is 21.2 Å². The number of carbonyl (C=O) groups is 1. The van der Waals surface area contributed by atoms with Gasteiger partial charge < -0.3 is 5.32 Å². The first-order valence-electron chi connectivity index (χ1n) is 4.92. The molecule has 1 N–H and O–H groups in total. The first-order valence-corrected chi connectivity index (χ1v) is 5.84. The Bertz CT molecular complexity index is 437. The minimum Gasteiger partial charge on any atom is -0.323 e. The number of anilines is 1. The maximum absolute atomic E-state index is 13.2. The zero-order valence-corrected chi connectivity index (χ0v) is 10.8. The predicted octanol–water partition coefficient (Wildman–Crippen LogP) is 3.46. The number of amides is 1. The quantitative estimate of drug-likeness (QED) is 0.672. The highest BCUT2D eigenvalue weighted by molar-refractivity contribution is 9.10. The van der Waals surface area contributed by atoms with Crippen LogP contribution in [0, 0.1) is 23.4 Å². The second-order valence-electron chi connectivity index (χ2n) is 3.88. The highest BCUT2D eigenvalue weighted by Crippen LogP contribution is 2.20. The van der Waals surface area contributed by atoms with Crippen molar-refractivity contribution >= 4 is 27.5 Å². The molecule has 2 nitrogen and oxygen atoms in total. The summed E-state index contributed by atoms with van der Waals surface area (Å²) < 4.78 is 38.7. The normalized spacial score (nSPS) is 12.6. The number of halogens is 4. The van der Waals surface area contributed by atoms with E-state index < -0.39 is 28.2 Å². The number of alkyl halides is 1. The van der Waals surface area contributed by atoms with Crippen LogP contribution < -0.4 is 5.32 Å². The van der Waals surface area contributed by atoms with Crippen molar-refractivity contribution in [1.82, 2.24) is 0 Å². The van der Waals surface area contributed by atoms with Gasteiger partial charge in [0.2, 0.25) is 5.91 Å². The number of nitrogens with one attached hydrogen (secondary N) is 1. The third-order valence-corrected chi connectivity index (χ3v) is 3.58. The lowest BCUT2D eigenvalue weighted by Crippen LogP contribution is -2.27. The summed E-state index contributed by atoms with van der Waals surface area (Å²) in [5.41, 5.74) is -0.376. The van der Waals surface area contributed by atoms with Crippen LogP contribution >= 0.6 is 15.9 Å². The van der Waals surface area contributed by atoms with Crippen molar-refractivity contribution in [3.8, 4) is 0 Å². The fourth-order valence-corrected chi connectivity index (χ4v) is 1.24. The van der Waals surface area contributed by atoms with Crippen LogP contribution in [-0.4, -0.2) is 10.7 Å². The maximum Gasteiger partial charge on any atom is 0.238 e. The van der Waals surface area contributed by atoms with E-state index in [9.17, 15) is 18.0 Å². The molecular formula is C11H11BrF3NO. The molecule has 0 heterocycles. The highest BCUT2D eigenvalue weighted by atomic mass is 79.9. The largest absolute Gasteiger partial charge is 0.323 e. The molecule has 0 aromatic heterocycles. The van der Waals surface area contributed by atoms with Crippen LogP contribution in [0.1, 0.15) is 13.8 Å². The van der Waals surface area contributed by atoms with E-state index in [1.54, 1.807) is 13.8 Å². The number of hydrogen-bond acceptors (Lipinski definition) is 1. The molecule has 1 aromatic carbocycles. The molecule has 1 amide bonds. The average molecular weight is 310 g/mol. The summed E-state index contributed by atoms with van der Waals surface area (Å²) in [4.78, 5) is 11.0. The van der Waals surface area contributed by atoms with Gasteiger partial charge in [-0.25, -0.2) is 13.2 Å². The number of benzene rings is 1. The van der Waals surface area contributed by atoms with Crippen molar-refractivity contribution in [2.75, 3.05) is 5.32 Å². The van der Waals surface area contributed by atoms with Crippen LogP contribution in [0.4, 0.5) is 18.9 Å². The Labute approximate surface area is 105 Å². The molecule has 0 fully saturated rings. The van der Waals surface area contributed by atoms with Gasteiger partial charge in [-0.1, -0.05) is 29.8 Å². The second kappa shape index (κ2) is 5.53. The van der Waals surface area contributed by atoms with E-state index in [1.807, 2.05) is 0 Å². The average Bonchev–Trinajstić information content (AvgIpc) is 2.24. The van der Waals surface area contributed by atoms with E-state index in [1.165, 1.54) is 0 Å². The molecule has 1 unspecified atom stereocenters. The van der Waals surface area contributed by atoms with Gasteiger partial charge in [0.05, 0.1) is 10.5 Å². The van der Waals surface area contributed by atoms with Crippen LogP contribution in [0.2, 0.25) is 0 Å². The van der Waals surface area contributed by atoms with Gasteiger partial charge in [-0.2, -0.15) is 0 Å². The van der Waals surface area contributed by atoms with Gasteiger partial charge in [-0.05, 0) is 5.92 Å². The fourth-order valence-electron chi connectivity index (χ4n) is 1.12. The lowest BCUT2D eigenvalue weighted by atomic mass is 10.1. The third kappa shape index (κ3) is 3.46. The van der Waals surface area contributed by atoms with Gasteiger partial charge in [-0.3, -0.25) is 4.79 Å². The molecule has 0 aliphatic heterocycles. The lowest BCUT2D eigenvalue weighted by Gasteiger charge is -2.14. The molecule has 1 atom stereocenters. The SMILES string of the molecule is CC(C)C(Br)C(=O)Nc1cc(F)c(F)cc1F. The molecule has 94 valence electrons. The van der Waals surface area contributed by atoms with Crippen molar-refractivity contribution in [3.63, 3.8) is 0 Å². The van der Waals surface area contributed by atoms with Crippen molar-refractivity contribution in [2.24, 2.45) is 5.92 Å². The molecular weight excluding hydrogens is 299 g/mol. The Morgan fingerprint density at radius 1 is 1.18 bits per heavy atom. The first kappa shape index (κ1) is 14.0. The fraction of sp³-hybridized carbons (Fsp3) is 0.364. The molecule has 1 aromatic rings. The minimum atomic E-state index is -1.29. The molecule has 1 rings (SSSR count). The minimum absolute atomic E-state index is 0.0108. The van der Waals surface area contributed by atoms with E-state index in [-0.39, 0.29) is 11.6 Å². The Kier molecular flexibility index (Phi) is 4.56. The summed E-state index contributed by atoms with van der Waals surface area (Å²) in [5.74, 6) is -4.04. The molecule has 0 radical (unpaired) electrons. The number of carbonyl (C=O) groups excluding carboxylic acids is 1. The summed E-state index contributed by atoms with van der Waals surface area (Å²) >= 11 is 3.12. The standard InChI is InChI=1S/C11H11BrF3NO/c1-5(2)10(12)11(17)16-9-4-7(14)6(13)3-8(9)15/h3-5,10H,1-2H3,(H,16,17). The Balaban J connectivity index is 2.89. The molecule has 0 spiro atoms. The van der Waals surface area contributed by atoms with Gasteiger partial charge in [0.15, 0.2) is 11.6 Å². The van der Waals surface area contributed by atoms with Gasteiger partial charge in [0.1, 0.15) is 5.82 Å². The Hall–Kier alpha value is -1.04. The summed E-state index contributed by atoms with van der Waals surface area (Å²) in [7, 11) is 0. The van der Waals surface area contributed by atoms with Crippen molar-refractivity contribution in [3.05, 3.63) is 29.6 Å². The number of hydrogen-bond donors (Lipinski definition) is 1. The van der Waals surface area contributed by atoms with E-state index in [0.29, 0.717) is 12.1 Å². The monoisotopic (exact) mass is 309 g/mol. The smallest absolute Gasteiger partial charge is 0.238 e.